The molecule has 2 heteroatoms. The lowest BCUT2D eigenvalue weighted by Gasteiger charge is -2.45. The number of ether oxygens (including phenoxy) is 1. The standard InChI is InChI=1S/C14H15N.C14H14O.C8H16/c2*1-11-3-7-13(8-4-11)15-14-9-5-12(2)6-10-14;1-5-6(2)8(4)7(5)3/h3-10,15H,1-2H3;3-10H,1-2H3;5-8H,1-4H3. The zero-order valence-electron chi connectivity index (χ0n) is 24.5. The van der Waals surface area contributed by atoms with Crippen molar-refractivity contribution in [3.8, 4) is 11.5 Å². The molecule has 38 heavy (non-hydrogen) atoms. The van der Waals surface area contributed by atoms with E-state index in [0.29, 0.717) is 0 Å². The second-order valence-electron chi connectivity index (χ2n) is 11.0. The normalized spacial score (nSPS) is 19.6. The van der Waals surface area contributed by atoms with E-state index in [1.807, 2.05) is 48.5 Å². The Morgan fingerprint density at radius 1 is 0.395 bits per heavy atom. The van der Waals surface area contributed by atoms with E-state index in [9.17, 15) is 0 Å². The lowest BCUT2D eigenvalue weighted by Crippen LogP contribution is -2.39. The van der Waals surface area contributed by atoms with Gasteiger partial charge in [-0.3, -0.25) is 0 Å². The number of benzene rings is 4. The van der Waals surface area contributed by atoms with Gasteiger partial charge in [0.25, 0.3) is 0 Å². The fourth-order valence-corrected chi connectivity index (χ4v) is 4.56. The lowest BCUT2D eigenvalue weighted by molar-refractivity contribution is 0.0302. The highest BCUT2D eigenvalue weighted by Gasteiger charge is 2.38. The molecular formula is C36H45NO. The lowest BCUT2D eigenvalue weighted by atomic mass is 9.60. The molecule has 1 N–H and O–H groups in total. The summed E-state index contributed by atoms with van der Waals surface area (Å²) in [6.07, 6.45) is 0. The zero-order chi connectivity index (χ0) is 27.7. The van der Waals surface area contributed by atoms with Crippen molar-refractivity contribution in [3.63, 3.8) is 0 Å². The van der Waals surface area contributed by atoms with Gasteiger partial charge in [-0.15, -0.1) is 0 Å². The summed E-state index contributed by atoms with van der Waals surface area (Å²) in [6.45, 7) is 17.7. The van der Waals surface area contributed by atoms with Crippen molar-refractivity contribution in [1.29, 1.82) is 0 Å². The summed E-state index contributed by atoms with van der Waals surface area (Å²) in [4.78, 5) is 0. The van der Waals surface area contributed by atoms with Gasteiger partial charge in [-0.2, -0.15) is 0 Å². The van der Waals surface area contributed by atoms with Crippen LogP contribution in [0.2, 0.25) is 0 Å². The average molecular weight is 508 g/mol. The van der Waals surface area contributed by atoms with Crippen molar-refractivity contribution in [2.45, 2.75) is 55.4 Å². The molecule has 1 saturated carbocycles. The van der Waals surface area contributed by atoms with Crippen molar-refractivity contribution in [1.82, 2.24) is 0 Å². The first kappa shape index (κ1) is 29.0. The van der Waals surface area contributed by atoms with Crippen LogP contribution in [0.1, 0.15) is 49.9 Å². The maximum absolute atomic E-state index is 5.69. The fraction of sp³-hybridized carbons (Fsp3) is 0.333. The van der Waals surface area contributed by atoms with Gasteiger partial charge in [0.05, 0.1) is 0 Å². The highest BCUT2D eigenvalue weighted by Crippen LogP contribution is 2.44. The van der Waals surface area contributed by atoms with E-state index in [0.717, 1.165) is 46.5 Å². The third kappa shape index (κ3) is 8.80. The van der Waals surface area contributed by atoms with E-state index < -0.39 is 0 Å². The van der Waals surface area contributed by atoms with Gasteiger partial charge in [0, 0.05) is 11.4 Å². The molecule has 1 fully saturated rings. The molecule has 5 rings (SSSR count). The summed E-state index contributed by atoms with van der Waals surface area (Å²) in [6, 6.07) is 32.9. The molecule has 2 nitrogen and oxygen atoms in total. The number of aryl methyl sites for hydroxylation is 4. The first-order chi connectivity index (χ1) is 18.1. The number of anilines is 2. The fourth-order valence-electron chi connectivity index (χ4n) is 4.56. The minimum absolute atomic E-state index is 0.879. The van der Waals surface area contributed by atoms with Gasteiger partial charge in [-0.05, 0) is 99.9 Å². The second kappa shape index (κ2) is 13.9. The third-order valence-electron chi connectivity index (χ3n) is 7.99. The van der Waals surface area contributed by atoms with Gasteiger partial charge in [0.1, 0.15) is 11.5 Å². The Kier molecular flexibility index (Phi) is 10.6. The van der Waals surface area contributed by atoms with Crippen molar-refractivity contribution < 1.29 is 4.74 Å². The molecule has 0 amide bonds. The maximum atomic E-state index is 5.69. The predicted octanol–water partition coefficient (Wildman–Crippen LogP) is 10.7. The molecule has 4 aromatic rings. The zero-order valence-corrected chi connectivity index (χ0v) is 24.5. The van der Waals surface area contributed by atoms with Crippen LogP contribution < -0.4 is 10.1 Å². The molecule has 0 atom stereocenters. The topological polar surface area (TPSA) is 21.3 Å². The molecule has 4 aromatic carbocycles. The van der Waals surface area contributed by atoms with Crippen LogP contribution in [0.4, 0.5) is 11.4 Å². The molecule has 0 unspecified atom stereocenters. The summed E-state index contributed by atoms with van der Waals surface area (Å²) < 4.78 is 5.69. The van der Waals surface area contributed by atoms with Gasteiger partial charge in [0.2, 0.25) is 0 Å². The van der Waals surface area contributed by atoms with Crippen LogP contribution >= 0.6 is 0 Å². The van der Waals surface area contributed by atoms with Gasteiger partial charge < -0.3 is 10.1 Å². The predicted molar refractivity (Wildman–Crippen MR) is 165 cm³/mol. The third-order valence-corrected chi connectivity index (χ3v) is 7.99. The first-order valence-electron chi connectivity index (χ1n) is 13.8. The van der Waals surface area contributed by atoms with Crippen molar-refractivity contribution in [3.05, 3.63) is 119 Å². The maximum Gasteiger partial charge on any atom is 0.127 e. The van der Waals surface area contributed by atoms with Gasteiger partial charge in [-0.25, -0.2) is 0 Å². The van der Waals surface area contributed by atoms with Crippen LogP contribution in [-0.4, -0.2) is 0 Å². The Hall–Kier alpha value is -3.52. The van der Waals surface area contributed by atoms with Crippen LogP contribution in [-0.2, 0) is 0 Å². The Morgan fingerprint density at radius 3 is 0.895 bits per heavy atom. The van der Waals surface area contributed by atoms with Gasteiger partial charge >= 0.3 is 0 Å². The van der Waals surface area contributed by atoms with E-state index in [-0.39, 0.29) is 0 Å². The quantitative estimate of drug-likeness (QED) is 0.296. The minimum atomic E-state index is 0.879. The van der Waals surface area contributed by atoms with Gasteiger partial charge in [0.15, 0.2) is 0 Å². The van der Waals surface area contributed by atoms with E-state index in [1.165, 1.54) is 22.3 Å². The summed E-state index contributed by atoms with van der Waals surface area (Å²) in [7, 11) is 0. The van der Waals surface area contributed by atoms with E-state index >= 15 is 0 Å². The van der Waals surface area contributed by atoms with Crippen LogP contribution in [0, 0.1) is 51.4 Å². The summed E-state index contributed by atoms with van der Waals surface area (Å²) in [5.74, 6) is 5.67. The molecule has 0 saturated heterocycles. The molecule has 0 bridgehead atoms. The Morgan fingerprint density at radius 2 is 0.632 bits per heavy atom. The second-order valence-corrected chi connectivity index (χ2v) is 11.0. The molecule has 0 aromatic heterocycles. The Labute approximate surface area is 231 Å². The number of hydrogen-bond acceptors (Lipinski definition) is 2. The first-order valence-corrected chi connectivity index (χ1v) is 13.8. The molecule has 200 valence electrons. The summed E-state index contributed by atoms with van der Waals surface area (Å²) in [5, 5.41) is 3.36. The Bertz CT molecular complexity index is 1020. The molecule has 0 radical (unpaired) electrons. The highest BCUT2D eigenvalue weighted by molar-refractivity contribution is 5.59. The number of rotatable bonds is 4. The summed E-state index contributed by atoms with van der Waals surface area (Å²) in [5.41, 5.74) is 7.31. The van der Waals surface area contributed by atoms with Crippen molar-refractivity contribution in [2.75, 3.05) is 5.32 Å². The smallest absolute Gasteiger partial charge is 0.127 e. The number of nitrogens with one attached hydrogen (secondary N) is 1. The summed E-state index contributed by atoms with van der Waals surface area (Å²) >= 11 is 0. The minimum Gasteiger partial charge on any atom is -0.457 e. The molecule has 0 spiro atoms. The highest BCUT2D eigenvalue weighted by atomic mass is 16.5. The Balaban J connectivity index is 0.000000166. The van der Waals surface area contributed by atoms with Crippen LogP contribution in [0.25, 0.3) is 0 Å². The number of hydrogen-bond donors (Lipinski definition) is 1. The van der Waals surface area contributed by atoms with Gasteiger partial charge in [-0.1, -0.05) is 98.5 Å². The van der Waals surface area contributed by atoms with E-state index in [1.54, 1.807) is 0 Å². The molecule has 0 heterocycles. The van der Waals surface area contributed by atoms with Crippen molar-refractivity contribution >= 4 is 11.4 Å². The molecular weight excluding hydrogens is 462 g/mol. The molecule has 1 aliphatic rings. The monoisotopic (exact) mass is 507 g/mol. The van der Waals surface area contributed by atoms with Crippen LogP contribution in [0.15, 0.2) is 97.1 Å². The van der Waals surface area contributed by atoms with Crippen LogP contribution in [0.5, 0.6) is 11.5 Å². The van der Waals surface area contributed by atoms with E-state index in [2.05, 4.69) is 109 Å². The molecule has 1 aliphatic carbocycles. The molecule has 0 aliphatic heterocycles. The van der Waals surface area contributed by atoms with Crippen molar-refractivity contribution in [2.24, 2.45) is 23.7 Å². The SMILES string of the molecule is CC1C(C)C(C)C1C.Cc1ccc(Nc2ccc(C)cc2)cc1.Cc1ccc(Oc2ccc(C)cc2)cc1. The van der Waals surface area contributed by atoms with Crippen LogP contribution in [0.3, 0.4) is 0 Å². The van der Waals surface area contributed by atoms with E-state index in [4.69, 9.17) is 4.74 Å². The largest absolute Gasteiger partial charge is 0.457 e. The average Bonchev–Trinajstić information content (AvgIpc) is 2.93.